The number of nitrogens with one attached hydrogen (secondary N) is 2. The van der Waals surface area contributed by atoms with Crippen LogP contribution < -0.4 is 20.1 Å². The predicted octanol–water partition coefficient (Wildman–Crippen LogP) is 5.44. The average Bonchev–Trinajstić information content (AvgIpc) is 3.46. The number of rotatable bonds is 10. The van der Waals surface area contributed by atoms with Crippen LogP contribution >= 0.6 is 23.8 Å². The van der Waals surface area contributed by atoms with Crippen molar-refractivity contribution in [3.05, 3.63) is 83.3 Å². The van der Waals surface area contributed by atoms with E-state index < -0.39 is 0 Å². The summed E-state index contributed by atoms with van der Waals surface area (Å²) in [7, 11) is 0. The Bertz CT molecular complexity index is 1270. The van der Waals surface area contributed by atoms with Gasteiger partial charge >= 0.3 is 0 Å². The van der Waals surface area contributed by atoms with Crippen LogP contribution in [0.1, 0.15) is 25.0 Å². The minimum Gasteiger partial charge on any atom is -0.490 e. The Morgan fingerprint density at radius 2 is 1.63 bits per heavy atom. The topological polar surface area (TPSA) is 78.2 Å². The number of hydrogen-bond donors (Lipinski definition) is 2. The molecule has 0 bridgehead atoms. The van der Waals surface area contributed by atoms with Crippen LogP contribution in [0.4, 0.5) is 11.5 Å². The van der Waals surface area contributed by atoms with Gasteiger partial charge in [0, 0.05) is 23.5 Å². The summed E-state index contributed by atoms with van der Waals surface area (Å²) >= 11 is 11.4. The molecule has 2 aromatic heterocycles. The smallest absolute Gasteiger partial charge is 0.176 e. The Hall–Kier alpha value is -3.56. The Morgan fingerprint density at radius 3 is 2.40 bits per heavy atom. The number of thiocarbonyl (C=S) groups is 1. The molecular weight excluding hydrogens is 484 g/mol. The van der Waals surface area contributed by atoms with Crippen molar-refractivity contribution in [3.8, 4) is 11.5 Å². The van der Waals surface area contributed by atoms with Crippen molar-refractivity contribution in [1.82, 2.24) is 19.6 Å². The molecule has 0 unspecified atom stereocenters. The van der Waals surface area contributed by atoms with E-state index in [1.165, 1.54) is 0 Å². The molecule has 35 heavy (non-hydrogen) atoms. The molecule has 0 aliphatic rings. The van der Waals surface area contributed by atoms with E-state index in [0.29, 0.717) is 42.3 Å². The van der Waals surface area contributed by atoms with Gasteiger partial charge in [-0.15, -0.1) is 0 Å². The molecule has 0 saturated carbocycles. The van der Waals surface area contributed by atoms with E-state index in [2.05, 4.69) is 20.8 Å². The van der Waals surface area contributed by atoms with E-state index in [4.69, 9.17) is 33.3 Å². The summed E-state index contributed by atoms with van der Waals surface area (Å²) < 4.78 is 15.0. The van der Waals surface area contributed by atoms with Crippen molar-refractivity contribution in [2.45, 2.75) is 26.9 Å². The normalized spacial score (nSPS) is 10.7. The highest BCUT2D eigenvalue weighted by Gasteiger charge is 2.09. The van der Waals surface area contributed by atoms with Crippen molar-refractivity contribution in [2.75, 3.05) is 23.8 Å². The molecule has 4 aromatic rings. The first-order valence-corrected chi connectivity index (χ1v) is 12.1. The second kappa shape index (κ2) is 11.7. The Morgan fingerprint density at radius 1 is 0.914 bits per heavy atom. The van der Waals surface area contributed by atoms with Crippen LogP contribution in [0, 0.1) is 0 Å². The van der Waals surface area contributed by atoms with Crippen molar-refractivity contribution < 1.29 is 9.47 Å². The third-order valence-corrected chi connectivity index (χ3v) is 5.44. The number of aromatic nitrogens is 4. The zero-order valence-corrected chi connectivity index (χ0v) is 21.1. The van der Waals surface area contributed by atoms with Gasteiger partial charge in [-0.3, -0.25) is 9.36 Å². The molecule has 0 aliphatic carbocycles. The Balaban J connectivity index is 1.32. The van der Waals surface area contributed by atoms with E-state index in [1.54, 1.807) is 6.20 Å². The SMILES string of the molecule is CCOc1ccc(Cn2cc(NC(=S)Nc3ccn(Cc4ccc(Cl)cc4)n3)cn2)cc1OCC. The monoisotopic (exact) mass is 510 g/mol. The van der Waals surface area contributed by atoms with Crippen LogP contribution in [-0.2, 0) is 13.1 Å². The molecule has 2 N–H and O–H groups in total. The van der Waals surface area contributed by atoms with Crippen LogP contribution in [0.3, 0.4) is 0 Å². The van der Waals surface area contributed by atoms with Crippen LogP contribution in [0.5, 0.6) is 11.5 Å². The van der Waals surface area contributed by atoms with Crippen molar-refractivity contribution in [3.63, 3.8) is 0 Å². The maximum atomic E-state index is 5.95. The van der Waals surface area contributed by atoms with E-state index in [0.717, 1.165) is 28.3 Å². The number of hydrogen-bond acceptors (Lipinski definition) is 5. The Labute approximate surface area is 214 Å². The fourth-order valence-electron chi connectivity index (χ4n) is 3.47. The third-order valence-electron chi connectivity index (χ3n) is 4.98. The maximum Gasteiger partial charge on any atom is 0.176 e. The first kappa shape index (κ1) is 24.6. The number of nitrogens with zero attached hydrogens (tertiary/aromatic N) is 4. The van der Waals surface area contributed by atoms with Gasteiger partial charge in [0.25, 0.3) is 0 Å². The molecule has 182 valence electrons. The fraction of sp³-hybridized carbons (Fsp3) is 0.240. The van der Waals surface area contributed by atoms with E-state index >= 15 is 0 Å². The van der Waals surface area contributed by atoms with Crippen LogP contribution in [0.25, 0.3) is 0 Å². The highest BCUT2D eigenvalue weighted by molar-refractivity contribution is 7.80. The van der Waals surface area contributed by atoms with Gasteiger partial charge in [-0.1, -0.05) is 29.8 Å². The summed E-state index contributed by atoms with van der Waals surface area (Å²) in [5.41, 5.74) is 2.94. The summed E-state index contributed by atoms with van der Waals surface area (Å²) in [6.45, 7) is 6.29. The highest BCUT2D eigenvalue weighted by atomic mass is 35.5. The van der Waals surface area contributed by atoms with Crippen molar-refractivity contribution in [2.24, 2.45) is 0 Å². The van der Waals surface area contributed by atoms with Crippen LogP contribution in [0.15, 0.2) is 67.1 Å². The lowest BCUT2D eigenvalue weighted by Crippen LogP contribution is -2.19. The molecule has 0 spiro atoms. The maximum absolute atomic E-state index is 5.95. The molecule has 0 radical (unpaired) electrons. The fourth-order valence-corrected chi connectivity index (χ4v) is 3.82. The molecule has 0 fully saturated rings. The van der Waals surface area contributed by atoms with Crippen LogP contribution in [0.2, 0.25) is 5.02 Å². The molecule has 10 heteroatoms. The van der Waals surface area contributed by atoms with E-state index in [9.17, 15) is 0 Å². The summed E-state index contributed by atoms with van der Waals surface area (Å²) in [6.07, 6.45) is 5.51. The molecule has 0 amide bonds. The lowest BCUT2D eigenvalue weighted by molar-refractivity contribution is 0.287. The van der Waals surface area contributed by atoms with Gasteiger partial charge in [0.2, 0.25) is 0 Å². The third kappa shape index (κ3) is 6.97. The largest absolute Gasteiger partial charge is 0.490 e. The summed E-state index contributed by atoms with van der Waals surface area (Å²) in [4.78, 5) is 0. The lowest BCUT2D eigenvalue weighted by Gasteiger charge is -2.12. The molecule has 8 nitrogen and oxygen atoms in total. The molecular formula is C25H27ClN6O2S. The highest BCUT2D eigenvalue weighted by Crippen LogP contribution is 2.29. The lowest BCUT2D eigenvalue weighted by atomic mass is 10.2. The Kier molecular flexibility index (Phi) is 8.23. The van der Waals surface area contributed by atoms with Gasteiger partial charge in [0.15, 0.2) is 22.4 Å². The summed E-state index contributed by atoms with van der Waals surface area (Å²) in [6, 6.07) is 15.5. The predicted molar refractivity (Wildman–Crippen MR) is 143 cm³/mol. The minimum atomic E-state index is 0.431. The number of halogens is 1. The first-order chi connectivity index (χ1) is 17.0. The minimum absolute atomic E-state index is 0.431. The van der Waals surface area contributed by atoms with E-state index in [-0.39, 0.29) is 0 Å². The first-order valence-electron chi connectivity index (χ1n) is 11.3. The number of benzene rings is 2. The molecule has 2 aromatic carbocycles. The zero-order valence-electron chi connectivity index (χ0n) is 19.6. The zero-order chi connectivity index (χ0) is 24.6. The van der Waals surface area contributed by atoms with Gasteiger partial charge in [-0.25, -0.2) is 0 Å². The van der Waals surface area contributed by atoms with Gasteiger partial charge in [0.1, 0.15) is 0 Å². The second-order valence-electron chi connectivity index (χ2n) is 7.68. The van der Waals surface area contributed by atoms with Gasteiger partial charge in [-0.2, -0.15) is 10.2 Å². The molecule has 0 aliphatic heterocycles. The molecule has 0 saturated heterocycles. The number of ether oxygens (including phenoxy) is 2. The second-order valence-corrected chi connectivity index (χ2v) is 8.52. The summed E-state index contributed by atoms with van der Waals surface area (Å²) in [5, 5.41) is 16.3. The van der Waals surface area contributed by atoms with Crippen molar-refractivity contribution >= 4 is 40.4 Å². The van der Waals surface area contributed by atoms with Gasteiger partial charge in [-0.05, 0) is 61.5 Å². The quantitative estimate of drug-likeness (QED) is 0.275. The standard InChI is InChI=1S/C25H27ClN6O2S/c1-3-33-22-10-7-19(13-23(22)34-4-2)16-32-17-21(14-27-32)28-25(35)29-24-11-12-31(30-24)15-18-5-8-20(26)9-6-18/h5-14,17H,3-4,15-16H2,1-2H3,(H2,28,29,30,35). The average molecular weight is 511 g/mol. The van der Waals surface area contributed by atoms with Crippen molar-refractivity contribution in [1.29, 1.82) is 0 Å². The summed E-state index contributed by atoms with van der Waals surface area (Å²) in [5.74, 6) is 2.13. The van der Waals surface area contributed by atoms with Gasteiger partial charge in [0.05, 0.1) is 38.2 Å². The molecule has 2 heterocycles. The van der Waals surface area contributed by atoms with Crippen LogP contribution in [-0.4, -0.2) is 37.9 Å². The van der Waals surface area contributed by atoms with Gasteiger partial charge < -0.3 is 20.1 Å². The molecule has 0 atom stereocenters. The van der Waals surface area contributed by atoms with E-state index in [1.807, 2.05) is 84.1 Å². The molecule has 4 rings (SSSR count). The number of anilines is 2.